The van der Waals surface area contributed by atoms with Crippen molar-refractivity contribution in [1.29, 1.82) is 0 Å². The van der Waals surface area contributed by atoms with Crippen LogP contribution in [-0.4, -0.2) is 99.1 Å². The van der Waals surface area contributed by atoms with E-state index in [1.165, 1.54) is 4.90 Å². The summed E-state index contributed by atoms with van der Waals surface area (Å²) in [6, 6.07) is 0. The van der Waals surface area contributed by atoms with E-state index in [1.54, 1.807) is 0 Å². The van der Waals surface area contributed by atoms with Gasteiger partial charge >= 0.3 is 20.4 Å². The van der Waals surface area contributed by atoms with E-state index in [4.69, 9.17) is 19.7 Å². The number of nitrogens with zero attached hydrogens (tertiary/aromatic N) is 4. The standard InChI is InChI=1S/C12H24F2N4O7S2/c13-26(19,20)11-3-18(4-12-27(14,21)22)2-6-24-8-10-25-9-7-23-5-1-16-17-15/h1-12H2. The molecule has 27 heavy (non-hydrogen) atoms. The molecule has 0 rings (SSSR count). The highest BCUT2D eigenvalue weighted by molar-refractivity contribution is 7.86. The zero-order chi connectivity index (χ0) is 20.6. The lowest BCUT2D eigenvalue weighted by molar-refractivity contribution is 0.0123. The predicted molar refractivity (Wildman–Crippen MR) is 92.7 cm³/mol. The number of rotatable bonds is 18. The number of azide groups is 1. The van der Waals surface area contributed by atoms with Gasteiger partial charge in [-0.15, -0.1) is 7.77 Å². The summed E-state index contributed by atoms with van der Waals surface area (Å²) in [5, 5.41) is 3.29. The maximum Gasteiger partial charge on any atom is 0.303 e. The molecule has 11 nitrogen and oxygen atoms in total. The van der Waals surface area contributed by atoms with Gasteiger partial charge < -0.3 is 14.2 Å². The van der Waals surface area contributed by atoms with Crippen LogP contribution < -0.4 is 0 Å². The zero-order valence-electron chi connectivity index (χ0n) is 14.7. The third-order valence-electron chi connectivity index (χ3n) is 3.00. The Labute approximate surface area is 157 Å². The highest BCUT2D eigenvalue weighted by Crippen LogP contribution is 1.99. The van der Waals surface area contributed by atoms with Crippen LogP contribution in [0.1, 0.15) is 0 Å². The second-order valence-corrected chi connectivity index (χ2v) is 8.09. The summed E-state index contributed by atoms with van der Waals surface area (Å²) in [4.78, 5) is 3.85. The van der Waals surface area contributed by atoms with E-state index < -0.39 is 32.0 Å². The van der Waals surface area contributed by atoms with Gasteiger partial charge in [-0.3, -0.25) is 4.90 Å². The van der Waals surface area contributed by atoms with Crippen LogP contribution in [0.3, 0.4) is 0 Å². The molecule has 0 aliphatic rings. The largest absolute Gasteiger partial charge is 0.379 e. The minimum atomic E-state index is -4.71. The Morgan fingerprint density at radius 3 is 1.67 bits per heavy atom. The normalized spacial score (nSPS) is 12.3. The molecule has 0 aromatic rings. The topological polar surface area (TPSA) is 148 Å². The van der Waals surface area contributed by atoms with Crippen molar-refractivity contribution in [2.75, 3.05) is 77.3 Å². The first-order valence-corrected chi connectivity index (χ1v) is 11.1. The van der Waals surface area contributed by atoms with E-state index in [1.807, 2.05) is 0 Å². The summed E-state index contributed by atoms with van der Waals surface area (Å²) in [6.07, 6.45) is 0. The van der Waals surface area contributed by atoms with Crippen molar-refractivity contribution in [3.63, 3.8) is 0 Å². The van der Waals surface area contributed by atoms with Crippen LogP contribution in [0.2, 0.25) is 0 Å². The van der Waals surface area contributed by atoms with Crippen molar-refractivity contribution in [2.24, 2.45) is 5.11 Å². The van der Waals surface area contributed by atoms with Gasteiger partial charge in [0.1, 0.15) is 0 Å². The van der Waals surface area contributed by atoms with Gasteiger partial charge in [0.25, 0.3) is 0 Å². The lowest BCUT2D eigenvalue weighted by atomic mass is 10.5. The molecule has 0 fully saturated rings. The van der Waals surface area contributed by atoms with Gasteiger partial charge in [0.05, 0.1) is 51.1 Å². The summed E-state index contributed by atoms with van der Waals surface area (Å²) in [5.41, 5.74) is 8.05. The molecule has 0 saturated carbocycles. The van der Waals surface area contributed by atoms with Crippen molar-refractivity contribution in [2.45, 2.75) is 0 Å². The molecule has 0 heterocycles. The minimum absolute atomic E-state index is 0.102. The molecule has 0 spiro atoms. The molecule has 0 aliphatic heterocycles. The quantitative estimate of drug-likeness (QED) is 0.0972. The van der Waals surface area contributed by atoms with Gasteiger partial charge in [0.2, 0.25) is 0 Å². The Bertz CT molecular complexity index is 606. The Hall–Kier alpha value is -1.09. The third kappa shape index (κ3) is 21.1. The second-order valence-electron chi connectivity index (χ2n) is 5.12. The van der Waals surface area contributed by atoms with Crippen LogP contribution in [-0.2, 0) is 34.7 Å². The van der Waals surface area contributed by atoms with E-state index in [2.05, 4.69) is 10.0 Å². The molecule has 0 aromatic carbocycles. The van der Waals surface area contributed by atoms with Gasteiger partial charge in [0, 0.05) is 31.1 Å². The SMILES string of the molecule is [N-]=[N+]=NCCOCCOCCOCCN(CCS(=O)(=O)F)CCS(=O)(=O)F. The number of ether oxygens (including phenoxy) is 3. The van der Waals surface area contributed by atoms with Crippen LogP contribution in [0.5, 0.6) is 0 Å². The molecular formula is C12H24F2N4O7S2. The second kappa shape index (κ2) is 14.9. The van der Waals surface area contributed by atoms with Crippen LogP contribution >= 0.6 is 0 Å². The molecule has 0 aliphatic carbocycles. The van der Waals surface area contributed by atoms with E-state index in [9.17, 15) is 24.6 Å². The van der Waals surface area contributed by atoms with Crippen molar-refractivity contribution < 1.29 is 38.8 Å². The summed E-state index contributed by atoms with van der Waals surface area (Å²) in [5.74, 6) is -1.63. The fourth-order valence-electron chi connectivity index (χ4n) is 1.70. The van der Waals surface area contributed by atoms with Crippen LogP contribution in [0, 0.1) is 0 Å². The predicted octanol–water partition coefficient (Wildman–Crippen LogP) is 0.247. The van der Waals surface area contributed by atoms with Crippen LogP contribution in [0.25, 0.3) is 10.4 Å². The van der Waals surface area contributed by atoms with E-state index in [-0.39, 0.29) is 46.0 Å². The average Bonchev–Trinajstić information content (AvgIpc) is 2.55. The molecule has 15 heteroatoms. The lowest BCUT2D eigenvalue weighted by Crippen LogP contribution is -2.35. The van der Waals surface area contributed by atoms with Gasteiger partial charge in [-0.05, 0) is 5.53 Å². The fraction of sp³-hybridized carbons (Fsp3) is 1.00. The van der Waals surface area contributed by atoms with Crippen molar-refractivity contribution >= 4 is 20.4 Å². The molecule has 0 amide bonds. The molecule has 0 atom stereocenters. The Kier molecular flexibility index (Phi) is 14.3. The van der Waals surface area contributed by atoms with Crippen molar-refractivity contribution in [1.82, 2.24) is 4.90 Å². The van der Waals surface area contributed by atoms with Gasteiger partial charge in [-0.25, -0.2) is 0 Å². The Morgan fingerprint density at radius 2 is 1.22 bits per heavy atom. The third-order valence-corrected chi connectivity index (χ3v) is 4.34. The zero-order valence-corrected chi connectivity index (χ0v) is 16.3. The Balaban J connectivity index is 3.83. The number of halogens is 2. The van der Waals surface area contributed by atoms with E-state index in [0.29, 0.717) is 19.8 Å². The number of hydrogen-bond acceptors (Lipinski definition) is 9. The molecule has 160 valence electrons. The number of hydrogen-bond donors (Lipinski definition) is 0. The average molecular weight is 438 g/mol. The summed E-state index contributed by atoms with van der Waals surface area (Å²) < 4.78 is 82.9. The van der Waals surface area contributed by atoms with Crippen LogP contribution in [0.15, 0.2) is 5.11 Å². The minimum Gasteiger partial charge on any atom is -0.379 e. The first-order valence-electron chi connectivity index (χ1n) is 7.95. The van der Waals surface area contributed by atoms with Gasteiger partial charge in [-0.2, -0.15) is 16.8 Å². The Morgan fingerprint density at radius 1 is 0.778 bits per heavy atom. The lowest BCUT2D eigenvalue weighted by Gasteiger charge is -2.20. The highest BCUT2D eigenvalue weighted by atomic mass is 32.3. The molecular weight excluding hydrogens is 414 g/mol. The van der Waals surface area contributed by atoms with E-state index >= 15 is 0 Å². The molecule has 0 N–H and O–H groups in total. The van der Waals surface area contributed by atoms with Crippen LogP contribution in [0.4, 0.5) is 7.77 Å². The van der Waals surface area contributed by atoms with Crippen molar-refractivity contribution in [3.05, 3.63) is 10.4 Å². The van der Waals surface area contributed by atoms with Crippen molar-refractivity contribution in [3.8, 4) is 0 Å². The molecule has 0 bridgehead atoms. The van der Waals surface area contributed by atoms with Gasteiger partial charge in [0.15, 0.2) is 0 Å². The molecule has 0 unspecified atom stereocenters. The maximum atomic E-state index is 12.6. The first kappa shape index (κ1) is 25.9. The highest BCUT2D eigenvalue weighted by Gasteiger charge is 2.15. The molecule has 0 aromatic heterocycles. The first-order chi connectivity index (χ1) is 12.6. The van der Waals surface area contributed by atoms with Gasteiger partial charge in [-0.1, -0.05) is 5.11 Å². The summed E-state index contributed by atoms with van der Waals surface area (Å²) in [7, 11) is -9.42. The molecule has 0 radical (unpaired) electrons. The molecule has 0 saturated heterocycles. The smallest absolute Gasteiger partial charge is 0.303 e. The fourth-order valence-corrected chi connectivity index (χ4v) is 2.65. The summed E-state index contributed by atoms with van der Waals surface area (Å²) in [6.45, 7) is 1.30. The maximum absolute atomic E-state index is 12.6. The summed E-state index contributed by atoms with van der Waals surface area (Å²) >= 11 is 0. The monoisotopic (exact) mass is 438 g/mol. The van der Waals surface area contributed by atoms with E-state index in [0.717, 1.165) is 0 Å².